The van der Waals surface area contributed by atoms with Crippen molar-refractivity contribution in [2.45, 2.75) is 18.4 Å². The van der Waals surface area contributed by atoms with E-state index in [-0.39, 0.29) is 17.0 Å². The van der Waals surface area contributed by atoms with Crippen LogP contribution in [0.2, 0.25) is 0 Å². The van der Waals surface area contributed by atoms with Crippen LogP contribution >= 0.6 is 11.3 Å². The number of hydrogen-bond acceptors (Lipinski definition) is 8. The lowest BCUT2D eigenvalue weighted by atomic mass is 10.1. The summed E-state index contributed by atoms with van der Waals surface area (Å²) in [5.74, 6) is 0.418. The fraction of sp³-hybridized carbons (Fsp3) is 0.136. The van der Waals surface area contributed by atoms with E-state index in [9.17, 15) is 13.2 Å². The number of nitrogens with zero attached hydrogens (tertiary/aromatic N) is 6. The number of tetrazole rings is 1. The van der Waals surface area contributed by atoms with Crippen molar-refractivity contribution in [1.82, 2.24) is 29.8 Å². The van der Waals surface area contributed by atoms with E-state index in [4.69, 9.17) is 0 Å². The standard InChI is InChI=1S/C22H18N6O3S2/c1-14-19-21(32-20(14)15-6-4-3-5-7-15)23-13-27(22(19)29)12-18-24-25-26-28(18)16-8-10-17(11-9-16)33(2,30)31/h3-11,13H,12H2,1-2H3. The average molecular weight is 479 g/mol. The lowest BCUT2D eigenvalue weighted by molar-refractivity contribution is 0.602. The molecule has 166 valence electrons. The van der Waals surface area contributed by atoms with Crippen molar-refractivity contribution in [3.8, 4) is 16.1 Å². The van der Waals surface area contributed by atoms with Gasteiger partial charge in [0.15, 0.2) is 15.7 Å². The van der Waals surface area contributed by atoms with Crippen molar-refractivity contribution in [3.63, 3.8) is 0 Å². The molecule has 11 heteroatoms. The Hall–Kier alpha value is -3.70. The van der Waals surface area contributed by atoms with E-state index in [1.54, 1.807) is 12.1 Å². The maximum atomic E-state index is 13.3. The van der Waals surface area contributed by atoms with Crippen LogP contribution in [0.25, 0.3) is 26.3 Å². The maximum absolute atomic E-state index is 13.3. The normalized spacial score (nSPS) is 11.8. The zero-order valence-electron chi connectivity index (χ0n) is 17.7. The van der Waals surface area contributed by atoms with Crippen molar-refractivity contribution in [3.05, 3.63) is 82.7 Å². The molecule has 9 nitrogen and oxygen atoms in total. The van der Waals surface area contributed by atoms with Crippen molar-refractivity contribution < 1.29 is 8.42 Å². The molecule has 0 spiro atoms. The predicted molar refractivity (Wildman–Crippen MR) is 125 cm³/mol. The number of thiophene rings is 1. The summed E-state index contributed by atoms with van der Waals surface area (Å²) in [5.41, 5.74) is 2.36. The van der Waals surface area contributed by atoms with Crippen LogP contribution in [-0.2, 0) is 16.4 Å². The summed E-state index contributed by atoms with van der Waals surface area (Å²) in [5, 5.41) is 12.4. The van der Waals surface area contributed by atoms with Gasteiger partial charge in [-0.25, -0.2) is 13.4 Å². The van der Waals surface area contributed by atoms with E-state index in [1.807, 2.05) is 37.3 Å². The molecule has 0 saturated heterocycles. The van der Waals surface area contributed by atoms with Gasteiger partial charge in [-0.05, 0) is 52.7 Å². The molecule has 5 rings (SSSR count). The SMILES string of the molecule is Cc1c(-c2ccccc2)sc2ncn(Cc3nnnn3-c3ccc(S(C)(=O)=O)cc3)c(=O)c12. The Morgan fingerprint density at radius 3 is 2.45 bits per heavy atom. The Morgan fingerprint density at radius 1 is 1.03 bits per heavy atom. The number of benzene rings is 2. The molecule has 2 aromatic carbocycles. The van der Waals surface area contributed by atoms with Gasteiger partial charge in [-0.1, -0.05) is 30.3 Å². The third kappa shape index (κ3) is 3.85. The van der Waals surface area contributed by atoms with Gasteiger partial charge < -0.3 is 0 Å². The third-order valence-electron chi connectivity index (χ3n) is 5.31. The largest absolute Gasteiger partial charge is 0.291 e. The zero-order chi connectivity index (χ0) is 23.2. The highest BCUT2D eigenvalue weighted by molar-refractivity contribution is 7.90. The highest BCUT2D eigenvalue weighted by atomic mass is 32.2. The molecular formula is C22H18N6O3S2. The molecule has 3 heterocycles. The second kappa shape index (κ2) is 8.01. The fourth-order valence-corrected chi connectivity index (χ4v) is 5.40. The molecule has 3 aromatic heterocycles. The minimum Gasteiger partial charge on any atom is -0.291 e. The number of sulfone groups is 1. The van der Waals surface area contributed by atoms with Crippen LogP contribution in [-0.4, -0.2) is 44.4 Å². The molecule has 0 atom stereocenters. The van der Waals surface area contributed by atoms with E-state index in [0.717, 1.165) is 22.3 Å². The molecule has 0 fully saturated rings. The molecule has 0 radical (unpaired) electrons. The first-order valence-electron chi connectivity index (χ1n) is 9.94. The van der Waals surface area contributed by atoms with Crippen LogP contribution in [0.4, 0.5) is 0 Å². The first-order valence-corrected chi connectivity index (χ1v) is 12.7. The second-order valence-corrected chi connectivity index (χ2v) is 10.6. The van der Waals surface area contributed by atoms with Gasteiger partial charge in [0, 0.05) is 11.1 Å². The van der Waals surface area contributed by atoms with E-state index >= 15 is 0 Å². The molecule has 0 aliphatic carbocycles. The Balaban J connectivity index is 1.52. The van der Waals surface area contributed by atoms with Gasteiger partial charge >= 0.3 is 0 Å². The molecular weight excluding hydrogens is 460 g/mol. The summed E-state index contributed by atoms with van der Waals surface area (Å²) < 4.78 is 26.4. The molecule has 0 N–H and O–H groups in total. The van der Waals surface area contributed by atoms with Crippen molar-refractivity contribution in [2.24, 2.45) is 0 Å². The summed E-state index contributed by atoms with van der Waals surface area (Å²) in [6.45, 7) is 2.04. The smallest absolute Gasteiger partial charge is 0.262 e. The molecule has 33 heavy (non-hydrogen) atoms. The molecule has 0 aliphatic rings. The van der Waals surface area contributed by atoms with Gasteiger partial charge in [0.25, 0.3) is 5.56 Å². The molecule has 5 aromatic rings. The summed E-state index contributed by atoms with van der Waals surface area (Å²) >= 11 is 1.49. The molecule has 0 aliphatic heterocycles. The minimum atomic E-state index is -3.31. The van der Waals surface area contributed by atoms with Gasteiger partial charge in [-0.2, -0.15) is 4.68 Å². The van der Waals surface area contributed by atoms with Crippen LogP contribution in [0.5, 0.6) is 0 Å². The van der Waals surface area contributed by atoms with Crippen LogP contribution in [0.1, 0.15) is 11.4 Å². The fourth-order valence-electron chi connectivity index (χ4n) is 3.63. The van der Waals surface area contributed by atoms with Crippen molar-refractivity contribution in [2.75, 3.05) is 6.26 Å². The molecule has 0 unspecified atom stereocenters. The van der Waals surface area contributed by atoms with Crippen LogP contribution in [0.3, 0.4) is 0 Å². The third-order valence-corrected chi connectivity index (χ3v) is 7.69. The first kappa shape index (κ1) is 21.2. The van der Waals surface area contributed by atoms with Crippen LogP contribution in [0, 0.1) is 6.92 Å². The Labute approximate surface area is 192 Å². The van der Waals surface area contributed by atoms with E-state index in [1.165, 1.54) is 39.0 Å². The topological polar surface area (TPSA) is 113 Å². The van der Waals surface area contributed by atoms with E-state index < -0.39 is 9.84 Å². The average Bonchev–Trinajstić information content (AvgIpc) is 3.40. The molecule has 0 saturated carbocycles. The quantitative estimate of drug-likeness (QED) is 0.382. The molecule has 0 bridgehead atoms. The maximum Gasteiger partial charge on any atom is 0.262 e. The van der Waals surface area contributed by atoms with Crippen LogP contribution < -0.4 is 5.56 Å². The minimum absolute atomic E-state index is 0.110. The Morgan fingerprint density at radius 2 is 1.76 bits per heavy atom. The summed E-state index contributed by atoms with van der Waals surface area (Å²) in [7, 11) is -3.31. The van der Waals surface area contributed by atoms with E-state index in [0.29, 0.717) is 21.7 Å². The lowest BCUT2D eigenvalue weighted by Crippen LogP contribution is -2.22. The lowest BCUT2D eigenvalue weighted by Gasteiger charge is -2.07. The number of fused-ring (bicyclic) bond motifs is 1. The van der Waals surface area contributed by atoms with Gasteiger partial charge in [0.05, 0.1) is 28.8 Å². The number of hydrogen-bond donors (Lipinski definition) is 0. The number of rotatable bonds is 5. The Kier molecular flexibility index (Phi) is 5.14. The van der Waals surface area contributed by atoms with E-state index in [2.05, 4.69) is 20.5 Å². The predicted octanol–water partition coefficient (Wildman–Crippen LogP) is 2.86. The summed E-state index contributed by atoms with van der Waals surface area (Å²) in [6, 6.07) is 16.1. The highest BCUT2D eigenvalue weighted by Crippen LogP contribution is 2.35. The van der Waals surface area contributed by atoms with Gasteiger partial charge in [0.2, 0.25) is 0 Å². The van der Waals surface area contributed by atoms with Gasteiger partial charge in [-0.15, -0.1) is 16.4 Å². The zero-order valence-corrected chi connectivity index (χ0v) is 19.3. The Bertz CT molecular complexity index is 1640. The monoisotopic (exact) mass is 478 g/mol. The number of aromatic nitrogens is 6. The highest BCUT2D eigenvalue weighted by Gasteiger charge is 2.17. The first-order chi connectivity index (χ1) is 15.8. The summed E-state index contributed by atoms with van der Waals surface area (Å²) in [6.07, 6.45) is 2.65. The van der Waals surface area contributed by atoms with Gasteiger partial charge in [0.1, 0.15) is 4.83 Å². The van der Waals surface area contributed by atoms with Crippen molar-refractivity contribution in [1.29, 1.82) is 0 Å². The summed E-state index contributed by atoms with van der Waals surface area (Å²) in [4.78, 5) is 19.7. The van der Waals surface area contributed by atoms with Gasteiger partial charge in [-0.3, -0.25) is 9.36 Å². The number of aryl methyl sites for hydroxylation is 1. The second-order valence-electron chi connectivity index (χ2n) is 7.55. The van der Waals surface area contributed by atoms with Crippen molar-refractivity contribution >= 4 is 31.4 Å². The molecule has 0 amide bonds. The van der Waals surface area contributed by atoms with Crippen LogP contribution in [0.15, 0.2) is 70.6 Å².